The first-order valence-corrected chi connectivity index (χ1v) is 7.68. The van der Waals surface area contributed by atoms with Crippen molar-refractivity contribution in [1.29, 1.82) is 0 Å². The molecule has 0 radical (unpaired) electrons. The topological polar surface area (TPSA) is 32.3 Å². The van der Waals surface area contributed by atoms with Gasteiger partial charge in [0.05, 0.1) is 6.04 Å². The molecule has 1 aliphatic carbocycles. The third kappa shape index (κ3) is 3.47. The maximum Gasteiger partial charge on any atom is 0.239 e. The van der Waals surface area contributed by atoms with Gasteiger partial charge in [-0.25, -0.2) is 0 Å². The van der Waals surface area contributed by atoms with E-state index in [-0.39, 0.29) is 6.04 Å². The molecule has 1 N–H and O–H groups in total. The summed E-state index contributed by atoms with van der Waals surface area (Å²) in [5.41, 5.74) is 0. The molecule has 0 aromatic heterocycles. The van der Waals surface area contributed by atoms with E-state index in [1.54, 1.807) is 0 Å². The molecule has 1 saturated heterocycles. The number of carbonyl (C=O) groups is 1. The molecule has 0 spiro atoms. The van der Waals surface area contributed by atoms with Gasteiger partial charge in [0.2, 0.25) is 5.91 Å². The zero-order chi connectivity index (χ0) is 13.1. The van der Waals surface area contributed by atoms with Crippen LogP contribution in [0, 0.1) is 5.92 Å². The average molecular weight is 252 g/mol. The van der Waals surface area contributed by atoms with Gasteiger partial charge < -0.3 is 10.2 Å². The van der Waals surface area contributed by atoms with Crippen molar-refractivity contribution >= 4 is 5.91 Å². The Balaban J connectivity index is 1.94. The van der Waals surface area contributed by atoms with Gasteiger partial charge in [-0.1, -0.05) is 33.6 Å². The van der Waals surface area contributed by atoms with Gasteiger partial charge in [0.15, 0.2) is 0 Å². The van der Waals surface area contributed by atoms with Gasteiger partial charge in [0, 0.05) is 18.6 Å². The van der Waals surface area contributed by atoms with Crippen molar-refractivity contribution in [3.05, 3.63) is 0 Å². The van der Waals surface area contributed by atoms with E-state index in [0.717, 1.165) is 31.7 Å². The molecule has 2 atom stereocenters. The van der Waals surface area contributed by atoms with Crippen LogP contribution < -0.4 is 5.32 Å². The number of amides is 1. The largest absolute Gasteiger partial charge is 0.338 e. The SMILES string of the molecule is CCC(CC1CC1)N1CCCC(NC(C)C)C1=O. The van der Waals surface area contributed by atoms with E-state index >= 15 is 0 Å². The van der Waals surface area contributed by atoms with Crippen LogP contribution in [0.25, 0.3) is 0 Å². The minimum absolute atomic E-state index is 0.0620. The lowest BCUT2D eigenvalue weighted by Gasteiger charge is -2.38. The van der Waals surface area contributed by atoms with Gasteiger partial charge >= 0.3 is 0 Å². The normalized spacial score (nSPS) is 26.8. The van der Waals surface area contributed by atoms with Gasteiger partial charge in [0.1, 0.15) is 0 Å². The van der Waals surface area contributed by atoms with Crippen LogP contribution >= 0.6 is 0 Å². The lowest BCUT2D eigenvalue weighted by molar-refractivity contribution is -0.139. The van der Waals surface area contributed by atoms with Crippen LogP contribution in [0.15, 0.2) is 0 Å². The summed E-state index contributed by atoms with van der Waals surface area (Å²) in [6, 6.07) is 0.941. The fourth-order valence-electron chi connectivity index (χ4n) is 3.07. The highest BCUT2D eigenvalue weighted by Gasteiger charge is 2.35. The van der Waals surface area contributed by atoms with E-state index in [2.05, 4.69) is 31.0 Å². The Labute approximate surface area is 111 Å². The molecule has 2 aliphatic rings. The number of carbonyl (C=O) groups excluding carboxylic acids is 1. The molecule has 2 unspecified atom stereocenters. The summed E-state index contributed by atoms with van der Waals surface area (Å²) in [7, 11) is 0. The Kier molecular flexibility index (Phi) is 4.66. The monoisotopic (exact) mass is 252 g/mol. The first-order valence-electron chi connectivity index (χ1n) is 7.68. The number of nitrogens with zero attached hydrogens (tertiary/aromatic N) is 1. The fourth-order valence-corrected chi connectivity index (χ4v) is 3.07. The zero-order valence-electron chi connectivity index (χ0n) is 12.1. The molecule has 1 heterocycles. The Bertz CT molecular complexity index is 286. The van der Waals surface area contributed by atoms with Crippen LogP contribution in [0.1, 0.15) is 59.3 Å². The standard InChI is InChI=1S/C15H28N2O/c1-4-13(10-12-7-8-12)17-9-5-6-14(15(17)18)16-11(2)3/h11-14,16H,4-10H2,1-3H3. The van der Waals surface area contributed by atoms with E-state index in [9.17, 15) is 4.79 Å². The summed E-state index contributed by atoms with van der Waals surface area (Å²) >= 11 is 0. The number of likely N-dealkylation sites (tertiary alicyclic amines) is 1. The van der Waals surface area contributed by atoms with Crippen LogP contribution in [0.2, 0.25) is 0 Å². The van der Waals surface area contributed by atoms with Crippen molar-refractivity contribution in [3.63, 3.8) is 0 Å². The second-order valence-corrected chi connectivity index (χ2v) is 6.29. The van der Waals surface area contributed by atoms with Crippen molar-refractivity contribution in [2.75, 3.05) is 6.54 Å². The predicted octanol–water partition coefficient (Wildman–Crippen LogP) is 2.55. The molecular formula is C15H28N2O. The van der Waals surface area contributed by atoms with Crippen molar-refractivity contribution in [3.8, 4) is 0 Å². The van der Waals surface area contributed by atoms with Crippen molar-refractivity contribution in [2.45, 2.75) is 77.4 Å². The highest BCUT2D eigenvalue weighted by molar-refractivity contribution is 5.83. The Hall–Kier alpha value is -0.570. The van der Waals surface area contributed by atoms with Crippen LogP contribution in [0.4, 0.5) is 0 Å². The minimum atomic E-state index is 0.0620. The molecule has 0 aromatic carbocycles. The number of hydrogen-bond donors (Lipinski definition) is 1. The molecule has 1 aliphatic heterocycles. The summed E-state index contributed by atoms with van der Waals surface area (Å²) in [5, 5.41) is 3.42. The quantitative estimate of drug-likeness (QED) is 0.788. The average Bonchev–Trinajstić information content (AvgIpc) is 3.12. The van der Waals surface area contributed by atoms with Crippen molar-refractivity contribution in [2.24, 2.45) is 5.92 Å². The second kappa shape index (κ2) is 6.05. The molecule has 18 heavy (non-hydrogen) atoms. The molecule has 3 nitrogen and oxygen atoms in total. The molecule has 104 valence electrons. The maximum absolute atomic E-state index is 12.5. The summed E-state index contributed by atoms with van der Waals surface area (Å²) in [4.78, 5) is 14.7. The van der Waals surface area contributed by atoms with Crippen molar-refractivity contribution in [1.82, 2.24) is 10.2 Å². The second-order valence-electron chi connectivity index (χ2n) is 6.29. The maximum atomic E-state index is 12.5. The van der Waals surface area contributed by atoms with Crippen LogP contribution in [-0.2, 0) is 4.79 Å². The highest BCUT2D eigenvalue weighted by Crippen LogP contribution is 2.36. The number of hydrogen-bond acceptors (Lipinski definition) is 2. The van der Waals surface area contributed by atoms with Gasteiger partial charge in [-0.3, -0.25) is 4.79 Å². The van der Waals surface area contributed by atoms with E-state index in [0.29, 0.717) is 18.0 Å². The van der Waals surface area contributed by atoms with E-state index in [1.807, 2.05) is 0 Å². The molecular weight excluding hydrogens is 224 g/mol. The fraction of sp³-hybridized carbons (Fsp3) is 0.933. The summed E-state index contributed by atoms with van der Waals surface area (Å²) < 4.78 is 0. The van der Waals surface area contributed by atoms with E-state index in [4.69, 9.17) is 0 Å². The smallest absolute Gasteiger partial charge is 0.239 e. The Morgan fingerprint density at radius 2 is 2.06 bits per heavy atom. The predicted molar refractivity (Wildman–Crippen MR) is 74.4 cm³/mol. The van der Waals surface area contributed by atoms with Crippen molar-refractivity contribution < 1.29 is 4.79 Å². The third-order valence-electron chi connectivity index (χ3n) is 4.22. The van der Waals surface area contributed by atoms with E-state index in [1.165, 1.54) is 19.3 Å². The lowest BCUT2D eigenvalue weighted by Crippen LogP contribution is -2.55. The molecule has 1 amide bonds. The van der Waals surface area contributed by atoms with Gasteiger partial charge in [-0.2, -0.15) is 0 Å². The first kappa shape index (κ1) is 13.9. The molecule has 3 heteroatoms. The van der Waals surface area contributed by atoms with Gasteiger partial charge in [-0.15, -0.1) is 0 Å². The third-order valence-corrected chi connectivity index (χ3v) is 4.22. The number of piperidine rings is 1. The first-order chi connectivity index (χ1) is 8.61. The highest BCUT2D eigenvalue weighted by atomic mass is 16.2. The Morgan fingerprint density at radius 3 is 2.61 bits per heavy atom. The molecule has 1 saturated carbocycles. The minimum Gasteiger partial charge on any atom is -0.338 e. The molecule has 2 rings (SSSR count). The number of nitrogens with one attached hydrogen (secondary N) is 1. The van der Waals surface area contributed by atoms with Crippen LogP contribution in [0.5, 0.6) is 0 Å². The van der Waals surface area contributed by atoms with Crippen LogP contribution in [0.3, 0.4) is 0 Å². The van der Waals surface area contributed by atoms with Gasteiger partial charge in [0.25, 0.3) is 0 Å². The van der Waals surface area contributed by atoms with Gasteiger partial charge in [-0.05, 0) is 31.6 Å². The van der Waals surface area contributed by atoms with E-state index < -0.39 is 0 Å². The summed E-state index contributed by atoms with van der Waals surface area (Å²) in [5.74, 6) is 1.25. The lowest BCUT2D eigenvalue weighted by atomic mass is 9.98. The zero-order valence-corrected chi connectivity index (χ0v) is 12.1. The molecule has 0 bridgehead atoms. The summed E-state index contributed by atoms with van der Waals surface area (Å²) in [6.45, 7) is 7.43. The van der Waals surface area contributed by atoms with Crippen LogP contribution in [-0.4, -0.2) is 35.5 Å². The molecule has 0 aromatic rings. The summed E-state index contributed by atoms with van der Waals surface area (Å²) in [6.07, 6.45) is 7.26. The number of rotatable bonds is 6. The Morgan fingerprint density at radius 1 is 1.33 bits per heavy atom. The molecule has 2 fully saturated rings.